The molecular formula is C18H20N4O. The van der Waals surface area contributed by atoms with Crippen LogP contribution in [-0.2, 0) is 6.54 Å². The predicted molar refractivity (Wildman–Crippen MR) is 93.2 cm³/mol. The second-order valence-electron chi connectivity index (χ2n) is 5.60. The first-order valence-corrected chi connectivity index (χ1v) is 7.47. The highest BCUT2D eigenvalue weighted by Gasteiger charge is 2.09. The molecule has 2 aromatic carbocycles. The van der Waals surface area contributed by atoms with E-state index < -0.39 is 0 Å². The fourth-order valence-electron chi connectivity index (χ4n) is 2.41. The van der Waals surface area contributed by atoms with Crippen molar-refractivity contribution in [1.82, 2.24) is 14.9 Å². The van der Waals surface area contributed by atoms with E-state index in [9.17, 15) is 0 Å². The lowest BCUT2D eigenvalue weighted by atomic mass is 10.2. The Morgan fingerprint density at radius 2 is 1.87 bits per heavy atom. The highest BCUT2D eigenvalue weighted by Crippen LogP contribution is 2.25. The Morgan fingerprint density at radius 1 is 1.04 bits per heavy atom. The second kappa shape index (κ2) is 6.62. The van der Waals surface area contributed by atoms with Crippen LogP contribution in [0.25, 0.3) is 10.9 Å². The third-order valence-electron chi connectivity index (χ3n) is 3.44. The Balaban J connectivity index is 2.03. The van der Waals surface area contributed by atoms with Crippen LogP contribution in [0.1, 0.15) is 5.82 Å². The van der Waals surface area contributed by atoms with E-state index in [2.05, 4.69) is 20.2 Å². The normalized spacial score (nSPS) is 11.0. The van der Waals surface area contributed by atoms with E-state index in [0.29, 0.717) is 6.54 Å². The molecule has 0 radical (unpaired) electrons. The molecule has 0 spiro atoms. The highest BCUT2D eigenvalue weighted by molar-refractivity contribution is 5.90. The zero-order valence-electron chi connectivity index (χ0n) is 13.6. The first-order valence-electron chi connectivity index (χ1n) is 7.47. The summed E-state index contributed by atoms with van der Waals surface area (Å²) in [4.78, 5) is 11.4. The predicted octanol–water partition coefficient (Wildman–Crippen LogP) is 3.44. The molecule has 5 heteroatoms. The Kier molecular flexibility index (Phi) is 4.39. The van der Waals surface area contributed by atoms with Crippen molar-refractivity contribution in [3.63, 3.8) is 0 Å². The molecule has 3 rings (SSSR count). The topological polar surface area (TPSA) is 50.3 Å². The van der Waals surface area contributed by atoms with Crippen LogP contribution in [0.5, 0.6) is 5.75 Å². The first-order chi connectivity index (χ1) is 11.2. The molecule has 0 saturated carbocycles. The first kappa shape index (κ1) is 15.2. The van der Waals surface area contributed by atoms with Gasteiger partial charge in [0.15, 0.2) is 0 Å². The lowest BCUT2D eigenvalue weighted by molar-refractivity contribution is 0.391. The smallest absolute Gasteiger partial charge is 0.145 e. The quantitative estimate of drug-likeness (QED) is 0.782. The molecule has 1 heterocycles. The molecule has 3 aromatic rings. The number of aromatic nitrogens is 2. The lowest BCUT2D eigenvalue weighted by Crippen LogP contribution is -2.14. The number of hydrogen-bond acceptors (Lipinski definition) is 5. The standard InChI is InChI=1S/C18H20N4O/c1-22(2)12-17-20-16-10-5-4-9-15(16)18(21-17)19-13-7-6-8-14(11-13)23-3/h4-11H,12H2,1-3H3,(H,19,20,21). The third-order valence-corrected chi connectivity index (χ3v) is 3.44. The van der Waals surface area contributed by atoms with Crippen LogP contribution in [0.3, 0.4) is 0 Å². The van der Waals surface area contributed by atoms with E-state index >= 15 is 0 Å². The van der Waals surface area contributed by atoms with Gasteiger partial charge in [0.05, 0.1) is 19.2 Å². The van der Waals surface area contributed by atoms with Gasteiger partial charge in [0.1, 0.15) is 17.4 Å². The van der Waals surface area contributed by atoms with Crippen LogP contribution in [-0.4, -0.2) is 36.1 Å². The molecule has 0 atom stereocenters. The van der Waals surface area contributed by atoms with Crippen LogP contribution < -0.4 is 10.1 Å². The summed E-state index contributed by atoms with van der Waals surface area (Å²) in [5.74, 6) is 2.40. The highest BCUT2D eigenvalue weighted by atomic mass is 16.5. The lowest BCUT2D eigenvalue weighted by Gasteiger charge is -2.13. The monoisotopic (exact) mass is 308 g/mol. The van der Waals surface area contributed by atoms with Crippen LogP contribution >= 0.6 is 0 Å². The van der Waals surface area contributed by atoms with E-state index in [4.69, 9.17) is 4.74 Å². The van der Waals surface area contributed by atoms with Crippen molar-refractivity contribution in [3.8, 4) is 5.75 Å². The number of methoxy groups -OCH3 is 1. The van der Waals surface area contributed by atoms with E-state index in [1.165, 1.54) is 0 Å². The van der Waals surface area contributed by atoms with Crippen molar-refractivity contribution in [2.45, 2.75) is 6.54 Å². The Bertz CT molecular complexity index is 817. The molecule has 0 saturated heterocycles. The van der Waals surface area contributed by atoms with Gasteiger partial charge in [0.2, 0.25) is 0 Å². The van der Waals surface area contributed by atoms with E-state index in [1.807, 2.05) is 62.6 Å². The van der Waals surface area contributed by atoms with Crippen molar-refractivity contribution in [2.24, 2.45) is 0 Å². The fourth-order valence-corrected chi connectivity index (χ4v) is 2.41. The molecular weight excluding hydrogens is 288 g/mol. The van der Waals surface area contributed by atoms with Crippen LogP contribution in [0, 0.1) is 0 Å². The average Bonchev–Trinajstić information content (AvgIpc) is 2.54. The number of para-hydroxylation sites is 1. The summed E-state index contributed by atoms with van der Waals surface area (Å²) >= 11 is 0. The summed E-state index contributed by atoms with van der Waals surface area (Å²) in [6, 6.07) is 15.8. The summed E-state index contributed by atoms with van der Waals surface area (Å²) in [6.45, 7) is 0.692. The minimum atomic E-state index is 0.692. The number of hydrogen-bond donors (Lipinski definition) is 1. The van der Waals surface area contributed by atoms with Gasteiger partial charge in [-0.15, -0.1) is 0 Å². The Labute approximate surface area is 135 Å². The van der Waals surface area contributed by atoms with E-state index in [-0.39, 0.29) is 0 Å². The SMILES string of the molecule is COc1cccc(Nc2nc(CN(C)C)nc3ccccc23)c1. The number of fused-ring (bicyclic) bond motifs is 1. The van der Waals surface area contributed by atoms with Crippen LogP contribution in [0.15, 0.2) is 48.5 Å². The van der Waals surface area contributed by atoms with Crippen molar-refractivity contribution in [1.29, 1.82) is 0 Å². The van der Waals surface area contributed by atoms with Crippen molar-refractivity contribution < 1.29 is 4.74 Å². The van der Waals surface area contributed by atoms with Crippen molar-refractivity contribution in [3.05, 3.63) is 54.4 Å². The van der Waals surface area contributed by atoms with Gasteiger partial charge in [-0.1, -0.05) is 18.2 Å². The van der Waals surface area contributed by atoms with Gasteiger partial charge >= 0.3 is 0 Å². The molecule has 1 N–H and O–H groups in total. The third kappa shape index (κ3) is 3.57. The van der Waals surface area contributed by atoms with Gasteiger partial charge in [-0.25, -0.2) is 9.97 Å². The number of benzene rings is 2. The molecule has 0 aliphatic rings. The largest absolute Gasteiger partial charge is 0.497 e. The second-order valence-corrected chi connectivity index (χ2v) is 5.60. The molecule has 1 aromatic heterocycles. The van der Waals surface area contributed by atoms with Crippen molar-refractivity contribution in [2.75, 3.05) is 26.5 Å². The number of nitrogens with zero attached hydrogens (tertiary/aromatic N) is 3. The maximum absolute atomic E-state index is 5.28. The maximum Gasteiger partial charge on any atom is 0.145 e. The number of ether oxygens (including phenoxy) is 1. The summed E-state index contributed by atoms with van der Waals surface area (Å²) in [5.41, 5.74) is 1.87. The summed E-state index contributed by atoms with van der Waals surface area (Å²) in [7, 11) is 5.68. The zero-order chi connectivity index (χ0) is 16.2. The van der Waals surface area contributed by atoms with E-state index in [1.54, 1.807) is 7.11 Å². The van der Waals surface area contributed by atoms with Gasteiger partial charge in [0, 0.05) is 17.1 Å². The van der Waals surface area contributed by atoms with E-state index in [0.717, 1.165) is 34.0 Å². The van der Waals surface area contributed by atoms with Crippen LogP contribution in [0.4, 0.5) is 11.5 Å². The minimum absolute atomic E-state index is 0.692. The average molecular weight is 308 g/mol. The van der Waals surface area contributed by atoms with Crippen molar-refractivity contribution >= 4 is 22.4 Å². The van der Waals surface area contributed by atoms with Gasteiger partial charge in [-0.3, -0.25) is 0 Å². The van der Waals surface area contributed by atoms with Crippen LogP contribution in [0.2, 0.25) is 0 Å². The van der Waals surface area contributed by atoms with Gasteiger partial charge < -0.3 is 15.0 Å². The molecule has 23 heavy (non-hydrogen) atoms. The minimum Gasteiger partial charge on any atom is -0.497 e. The van der Waals surface area contributed by atoms with Gasteiger partial charge in [-0.05, 0) is 38.4 Å². The molecule has 5 nitrogen and oxygen atoms in total. The number of anilines is 2. The number of nitrogens with one attached hydrogen (secondary N) is 1. The fraction of sp³-hybridized carbons (Fsp3) is 0.222. The summed E-state index contributed by atoms with van der Waals surface area (Å²) in [5, 5.41) is 4.38. The Hall–Kier alpha value is -2.66. The molecule has 0 aliphatic carbocycles. The molecule has 118 valence electrons. The molecule has 0 amide bonds. The molecule has 0 fully saturated rings. The maximum atomic E-state index is 5.28. The number of rotatable bonds is 5. The molecule has 0 bridgehead atoms. The summed E-state index contributed by atoms with van der Waals surface area (Å²) < 4.78 is 5.28. The zero-order valence-corrected chi connectivity index (χ0v) is 13.6. The molecule has 0 aliphatic heterocycles. The summed E-state index contributed by atoms with van der Waals surface area (Å²) in [6.07, 6.45) is 0. The van der Waals surface area contributed by atoms with Gasteiger partial charge in [0.25, 0.3) is 0 Å². The Morgan fingerprint density at radius 3 is 2.65 bits per heavy atom. The molecule has 0 unspecified atom stereocenters. The van der Waals surface area contributed by atoms with Gasteiger partial charge in [-0.2, -0.15) is 0 Å².